The summed E-state index contributed by atoms with van der Waals surface area (Å²) >= 11 is 1.40. The first kappa shape index (κ1) is 13.1. The molecule has 1 aromatic heterocycles. The average molecular weight is 263 g/mol. The van der Waals surface area contributed by atoms with Gasteiger partial charge in [0.2, 0.25) is 0 Å². The van der Waals surface area contributed by atoms with Crippen LogP contribution >= 0.6 is 11.3 Å². The minimum absolute atomic E-state index is 0.115. The first-order chi connectivity index (χ1) is 8.70. The van der Waals surface area contributed by atoms with E-state index in [-0.39, 0.29) is 12.5 Å². The van der Waals surface area contributed by atoms with Crippen LogP contribution in [-0.2, 0) is 0 Å². The summed E-state index contributed by atoms with van der Waals surface area (Å²) in [5.41, 5.74) is 0. The van der Waals surface area contributed by atoms with Crippen LogP contribution in [0.2, 0.25) is 0 Å². The maximum Gasteiger partial charge on any atom is 0.263 e. The standard InChI is InChI=1S/C14H17NO2S/c1-11-6-8-15(9-7-11)14(17)13-5-4-12(18-13)3-2-10-16/h4-5,11,16H,6-10H2,1H3. The fourth-order valence-electron chi connectivity index (χ4n) is 2.01. The highest BCUT2D eigenvalue weighted by molar-refractivity contribution is 7.14. The number of nitrogens with zero attached hydrogens (tertiary/aromatic N) is 1. The molecule has 0 bridgehead atoms. The van der Waals surface area contributed by atoms with Gasteiger partial charge in [0.05, 0.1) is 9.75 Å². The Hall–Kier alpha value is -1.31. The molecule has 1 aliphatic heterocycles. The number of piperidine rings is 1. The molecule has 1 aromatic rings. The molecule has 1 N–H and O–H groups in total. The number of amides is 1. The predicted octanol–water partition coefficient (Wildman–Crippen LogP) is 1.96. The van der Waals surface area contributed by atoms with Crippen molar-refractivity contribution < 1.29 is 9.90 Å². The minimum Gasteiger partial charge on any atom is -0.384 e. The van der Waals surface area contributed by atoms with Crippen molar-refractivity contribution in [1.29, 1.82) is 0 Å². The summed E-state index contributed by atoms with van der Waals surface area (Å²) in [4.78, 5) is 15.7. The molecular weight excluding hydrogens is 246 g/mol. The molecule has 1 amide bonds. The molecule has 1 saturated heterocycles. The smallest absolute Gasteiger partial charge is 0.263 e. The molecule has 0 aromatic carbocycles. The molecule has 4 heteroatoms. The topological polar surface area (TPSA) is 40.5 Å². The van der Waals surface area contributed by atoms with Crippen molar-refractivity contribution in [2.45, 2.75) is 19.8 Å². The third-order valence-corrected chi connectivity index (χ3v) is 4.17. The summed E-state index contributed by atoms with van der Waals surface area (Å²) in [5.74, 6) is 6.26. The van der Waals surface area contributed by atoms with Crippen LogP contribution in [-0.4, -0.2) is 35.6 Å². The van der Waals surface area contributed by atoms with Crippen molar-refractivity contribution in [2.24, 2.45) is 5.92 Å². The Morgan fingerprint density at radius 1 is 1.50 bits per heavy atom. The number of hydrogen-bond donors (Lipinski definition) is 1. The Labute approximate surface area is 111 Å². The van der Waals surface area contributed by atoms with Gasteiger partial charge in [-0.2, -0.15) is 0 Å². The van der Waals surface area contributed by atoms with Crippen molar-refractivity contribution in [3.05, 3.63) is 21.9 Å². The Bertz CT molecular complexity index is 475. The number of aliphatic hydroxyl groups excluding tert-OH is 1. The molecule has 0 saturated carbocycles. The number of carbonyl (C=O) groups is 1. The van der Waals surface area contributed by atoms with Gasteiger partial charge in [0.1, 0.15) is 6.61 Å². The lowest BCUT2D eigenvalue weighted by Gasteiger charge is -2.29. The van der Waals surface area contributed by atoms with E-state index in [1.807, 2.05) is 17.0 Å². The molecule has 0 aliphatic carbocycles. The molecule has 0 radical (unpaired) electrons. The second-order valence-electron chi connectivity index (χ2n) is 4.60. The van der Waals surface area contributed by atoms with Crippen molar-refractivity contribution in [3.8, 4) is 11.8 Å². The summed E-state index contributed by atoms with van der Waals surface area (Å²) in [5, 5.41) is 8.63. The molecule has 1 fully saturated rings. The van der Waals surface area contributed by atoms with Crippen molar-refractivity contribution in [3.63, 3.8) is 0 Å². The lowest BCUT2D eigenvalue weighted by Crippen LogP contribution is -2.37. The van der Waals surface area contributed by atoms with Gasteiger partial charge in [-0.25, -0.2) is 0 Å². The van der Waals surface area contributed by atoms with E-state index >= 15 is 0 Å². The van der Waals surface area contributed by atoms with Gasteiger partial charge in [-0.1, -0.05) is 18.8 Å². The van der Waals surface area contributed by atoms with Crippen LogP contribution in [0.1, 0.15) is 34.3 Å². The van der Waals surface area contributed by atoms with Crippen molar-refractivity contribution >= 4 is 17.2 Å². The maximum absolute atomic E-state index is 12.2. The molecule has 18 heavy (non-hydrogen) atoms. The number of rotatable bonds is 1. The fraction of sp³-hybridized carbons (Fsp3) is 0.500. The summed E-state index contributed by atoms with van der Waals surface area (Å²) in [6.45, 7) is 3.80. The van der Waals surface area contributed by atoms with Gasteiger partial charge in [0, 0.05) is 13.1 Å². The van der Waals surface area contributed by atoms with Crippen LogP contribution in [0.25, 0.3) is 0 Å². The second-order valence-corrected chi connectivity index (χ2v) is 5.68. The van der Waals surface area contributed by atoms with Crippen LogP contribution in [0.5, 0.6) is 0 Å². The second kappa shape index (κ2) is 6.03. The Kier molecular flexibility index (Phi) is 4.40. The number of thiophene rings is 1. The van der Waals surface area contributed by atoms with Gasteiger partial charge in [-0.05, 0) is 30.9 Å². The van der Waals surface area contributed by atoms with Crippen LogP contribution in [0.3, 0.4) is 0 Å². The molecular formula is C14H17NO2S. The van der Waals surface area contributed by atoms with E-state index in [4.69, 9.17) is 5.11 Å². The van der Waals surface area contributed by atoms with Gasteiger partial charge in [-0.3, -0.25) is 4.79 Å². The Morgan fingerprint density at radius 2 is 2.22 bits per heavy atom. The van der Waals surface area contributed by atoms with E-state index in [1.165, 1.54) is 11.3 Å². The van der Waals surface area contributed by atoms with E-state index < -0.39 is 0 Å². The molecule has 0 spiro atoms. The zero-order valence-electron chi connectivity index (χ0n) is 10.5. The number of hydrogen-bond acceptors (Lipinski definition) is 3. The van der Waals surface area contributed by atoms with Crippen LogP contribution in [0.4, 0.5) is 0 Å². The summed E-state index contributed by atoms with van der Waals surface area (Å²) in [7, 11) is 0. The highest BCUT2D eigenvalue weighted by Gasteiger charge is 2.22. The van der Waals surface area contributed by atoms with Gasteiger partial charge < -0.3 is 10.0 Å². The molecule has 1 aliphatic rings. The van der Waals surface area contributed by atoms with Gasteiger partial charge in [-0.15, -0.1) is 11.3 Å². The molecule has 0 unspecified atom stereocenters. The molecule has 3 nitrogen and oxygen atoms in total. The van der Waals surface area contributed by atoms with Crippen LogP contribution < -0.4 is 0 Å². The highest BCUT2D eigenvalue weighted by atomic mass is 32.1. The van der Waals surface area contributed by atoms with Gasteiger partial charge in [0.25, 0.3) is 5.91 Å². The fourth-order valence-corrected chi connectivity index (χ4v) is 2.86. The van der Waals surface area contributed by atoms with Gasteiger partial charge in [0.15, 0.2) is 0 Å². The zero-order valence-corrected chi connectivity index (χ0v) is 11.3. The lowest BCUT2D eigenvalue weighted by atomic mass is 9.99. The quantitative estimate of drug-likeness (QED) is 0.787. The first-order valence-electron chi connectivity index (χ1n) is 6.19. The molecule has 96 valence electrons. The Morgan fingerprint density at radius 3 is 2.89 bits per heavy atom. The average Bonchev–Trinajstić information content (AvgIpc) is 2.85. The van der Waals surface area contributed by atoms with Crippen molar-refractivity contribution in [1.82, 2.24) is 4.90 Å². The largest absolute Gasteiger partial charge is 0.384 e. The maximum atomic E-state index is 12.2. The number of likely N-dealkylation sites (tertiary alicyclic amines) is 1. The first-order valence-corrected chi connectivity index (χ1v) is 7.01. The number of aliphatic hydroxyl groups is 1. The number of carbonyl (C=O) groups excluding carboxylic acids is 1. The molecule has 2 rings (SSSR count). The summed E-state index contributed by atoms with van der Waals surface area (Å²) in [6, 6.07) is 3.67. The van der Waals surface area contributed by atoms with E-state index in [2.05, 4.69) is 18.8 Å². The van der Waals surface area contributed by atoms with Crippen LogP contribution in [0, 0.1) is 17.8 Å². The third kappa shape index (κ3) is 3.12. The lowest BCUT2D eigenvalue weighted by molar-refractivity contribution is 0.0702. The molecule has 2 heterocycles. The van der Waals surface area contributed by atoms with Gasteiger partial charge >= 0.3 is 0 Å². The Balaban J connectivity index is 2.02. The summed E-state index contributed by atoms with van der Waals surface area (Å²) in [6.07, 6.45) is 2.18. The van der Waals surface area contributed by atoms with E-state index in [1.54, 1.807) is 0 Å². The van der Waals surface area contributed by atoms with E-state index in [9.17, 15) is 4.79 Å². The van der Waals surface area contributed by atoms with E-state index in [0.717, 1.165) is 41.6 Å². The zero-order chi connectivity index (χ0) is 13.0. The van der Waals surface area contributed by atoms with E-state index in [0.29, 0.717) is 0 Å². The normalized spacial score (nSPS) is 16.2. The summed E-state index contributed by atoms with van der Waals surface area (Å²) < 4.78 is 0. The SMILES string of the molecule is CC1CCN(C(=O)c2ccc(C#CCO)s2)CC1. The van der Waals surface area contributed by atoms with Crippen molar-refractivity contribution in [2.75, 3.05) is 19.7 Å². The monoisotopic (exact) mass is 263 g/mol. The molecule has 0 atom stereocenters. The predicted molar refractivity (Wildman–Crippen MR) is 72.6 cm³/mol. The third-order valence-electron chi connectivity index (χ3n) is 3.18. The highest BCUT2D eigenvalue weighted by Crippen LogP contribution is 2.22. The minimum atomic E-state index is -0.148. The van der Waals surface area contributed by atoms with Crippen LogP contribution in [0.15, 0.2) is 12.1 Å².